The van der Waals surface area contributed by atoms with Crippen molar-refractivity contribution < 1.29 is 23.6 Å². The molecule has 0 N–H and O–H groups in total. The van der Waals surface area contributed by atoms with Crippen molar-refractivity contribution in [2.45, 2.75) is 33.3 Å². The third-order valence-electron chi connectivity index (χ3n) is 2.77. The molecule has 122 valence electrons. The Hall–Kier alpha value is -2.70. The fraction of sp³-hybridized carbons (Fsp3) is 0.375. The minimum absolute atomic E-state index is 0.311. The summed E-state index contributed by atoms with van der Waals surface area (Å²) in [6.07, 6.45) is 5.71. The third kappa shape index (κ3) is 4.38. The Morgan fingerprint density at radius 3 is 2.48 bits per heavy atom. The van der Waals surface area contributed by atoms with Gasteiger partial charge in [-0.25, -0.2) is 9.48 Å². The molecule has 2 rings (SSSR count). The van der Waals surface area contributed by atoms with E-state index in [0.29, 0.717) is 17.9 Å². The van der Waals surface area contributed by atoms with Gasteiger partial charge in [-0.3, -0.25) is 0 Å². The summed E-state index contributed by atoms with van der Waals surface area (Å²) in [7, 11) is 0. The smallest absolute Gasteiger partial charge is 0.462 e. The minimum Gasteiger partial charge on any atom is -0.462 e. The standard InChI is InChI=1S/C16H20N3O4/c1-5-22-14(20)12-10-17-19(11-12)13-6-8-18(9-7-13)15(21)23-16(2,3)4/h6-11H,5H2,1-4H3/q+1. The van der Waals surface area contributed by atoms with Crippen LogP contribution < -0.4 is 4.57 Å². The van der Waals surface area contributed by atoms with Gasteiger partial charge in [0.2, 0.25) is 0 Å². The number of ether oxygens (including phenoxy) is 2. The summed E-state index contributed by atoms with van der Waals surface area (Å²) >= 11 is 0. The zero-order valence-electron chi connectivity index (χ0n) is 13.6. The van der Waals surface area contributed by atoms with Crippen molar-refractivity contribution in [2.24, 2.45) is 0 Å². The normalized spacial score (nSPS) is 11.1. The number of pyridine rings is 1. The molecule has 0 spiro atoms. The maximum atomic E-state index is 11.9. The van der Waals surface area contributed by atoms with Gasteiger partial charge in [-0.2, -0.15) is 9.89 Å². The molecule has 0 aliphatic heterocycles. The van der Waals surface area contributed by atoms with Crippen LogP contribution in [0.15, 0.2) is 36.9 Å². The summed E-state index contributed by atoms with van der Waals surface area (Å²) in [6.45, 7) is 7.47. The number of hydrogen-bond donors (Lipinski definition) is 0. The van der Waals surface area contributed by atoms with Crippen LogP contribution in [0.3, 0.4) is 0 Å². The number of carbonyl (C=O) groups is 2. The van der Waals surface area contributed by atoms with Gasteiger partial charge in [-0.05, 0) is 27.7 Å². The molecule has 0 fully saturated rings. The fourth-order valence-electron chi connectivity index (χ4n) is 1.79. The van der Waals surface area contributed by atoms with Crippen molar-refractivity contribution in [3.05, 3.63) is 42.5 Å². The number of hydrogen-bond acceptors (Lipinski definition) is 5. The fourth-order valence-corrected chi connectivity index (χ4v) is 1.79. The van der Waals surface area contributed by atoms with E-state index < -0.39 is 17.7 Å². The zero-order valence-corrected chi connectivity index (χ0v) is 13.6. The Labute approximate surface area is 134 Å². The lowest BCUT2D eigenvalue weighted by atomic mass is 10.2. The molecule has 23 heavy (non-hydrogen) atoms. The van der Waals surface area contributed by atoms with Gasteiger partial charge < -0.3 is 9.47 Å². The van der Waals surface area contributed by atoms with Crippen LogP contribution in [0.5, 0.6) is 0 Å². The van der Waals surface area contributed by atoms with E-state index in [1.54, 1.807) is 58.4 Å². The van der Waals surface area contributed by atoms with Crippen LogP contribution in [0, 0.1) is 0 Å². The molecule has 0 aliphatic rings. The van der Waals surface area contributed by atoms with E-state index in [9.17, 15) is 9.59 Å². The summed E-state index contributed by atoms with van der Waals surface area (Å²) in [5, 5.41) is 4.11. The molecule has 0 aromatic carbocycles. The molecule has 0 radical (unpaired) electrons. The molecule has 0 saturated heterocycles. The minimum atomic E-state index is -0.556. The predicted octanol–water partition coefficient (Wildman–Crippen LogP) is 2.12. The first-order valence-corrected chi connectivity index (χ1v) is 7.27. The van der Waals surface area contributed by atoms with E-state index in [4.69, 9.17) is 9.47 Å². The van der Waals surface area contributed by atoms with Crippen LogP contribution in [0.4, 0.5) is 4.79 Å². The van der Waals surface area contributed by atoms with Crippen molar-refractivity contribution in [2.75, 3.05) is 6.61 Å². The van der Waals surface area contributed by atoms with Crippen LogP contribution in [0.25, 0.3) is 5.69 Å². The van der Waals surface area contributed by atoms with E-state index in [-0.39, 0.29) is 0 Å². The molecule has 2 aromatic heterocycles. The average molecular weight is 318 g/mol. The van der Waals surface area contributed by atoms with Gasteiger partial charge >= 0.3 is 12.1 Å². The lowest BCUT2D eigenvalue weighted by molar-refractivity contribution is -0.588. The SMILES string of the molecule is CCOC(=O)c1cnn(-c2cc[n+](C(=O)OC(C)(C)C)cc2)c1. The highest BCUT2D eigenvalue weighted by molar-refractivity contribution is 5.88. The van der Waals surface area contributed by atoms with Crippen LogP contribution in [-0.2, 0) is 9.47 Å². The van der Waals surface area contributed by atoms with Crippen LogP contribution in [-0.4, -0.2) is 34.1 Å². The summed E-state index contributed by atoms with van der Waals surface area (Å²) < 4.78 is 13.1. The zero-order chi connectivity index (χ0) is 17.0. The summed E-state index contributed by atoms with van der Waals surface area (Å²) in [5.41, 5.74) is 0.523. The molecular formula is C16H20N3O4+. The van der Waals surface area contributed by atoms with Crippen molar-refractivity contribution in [1.29, 1.82) is 0 Å². The Morgan fingerprint density at radius 1 is 1.26 bits per heavy atom. The number of rotatable bonds is 3. The number of nitrogens with zero attached hydrogens (tertiary/aromatic N) is 3. The Morgan fingerprint density at radius 2 is 1.91 bits per heavy atom. The highest BCUT2D eigenvalue weighted by Gasteiger charge is 2.24. The number of esters is 1. The van der Waals surface area contributed by atoms with Gasteiger partial charge in [-0.15, -0.1) is 0 Å². The van der Waals surface area contributed by atoms with Gasteiger partial charge in [0, 0.05) is 18.3 Å². The molecule has 0 bridgehead atoms. The number of aromatic nitrogens is 3. The van der Waals surface area contributed by atoms with E-state index in [0.717, 1.165) is 0 Å². The van der Waals surface area contributed by atoms with E-state index >= 15 is 0 Å². The molecule has 0 saturated carbocycles. The summed E-state index contributed by atoms with van der Waals surface area (Å²) in [5.74, 6) is -0.418. The molecule has 0 aliphatic carbocycles. The Bertz CT molecular complexity index is 699. The van der Waals surface area contributed by atoms with E-state index in [2.05, 4.69) is 5.10 Å². The van der Waals surface area contributed by atoms with Crippen LogP contribution in [0.1, 0.15) is 38.1 Å². The monoisotopic (exact) mass is 318 g/mol. The second kappa shape index (κ2) is 6.60. The van der Waals surface area contributed by atoms with Crippen molar-refractivity contribution in [3.63, 3.8) is 0 Å². The molecule has 7 nitrogen and oxygen atoms in total. The first-order valence-electron chi connectivity index (χ1n) is 7.27. The van der Waals surface area contributed by atoms with Crippen LogP contribution in [0.2, 0.25) is 0 Å². The number of carbonyl (C=O) groups excluding carboxylic acids is 2. The Kier molecular flexibility index (Phi) is 4.78. The summed E-state index contributed by atoms with van der Waals surface area (Å²) in [6, 6.07) is 3.40. The van der Waals surface area contributed by atoms with Crippen LogP contribution >= 0.6 is 0 Å². The van der Waals surface area contributed by atoms with Gasteiger partial charge in [0.15, 0.2) is 12.4 Å². The molecule has 2 heterocycles. The summed E-state index contributed by atoms with van der Waals surface area (Å²) in [4.78, 5) is 23.6. The predicted molar refractivity (Wildman–Crippen MR) is 81.3 cm³/mol. The second-order valence-corrected chi connectivity index (χ2v) is 5.84. The highest BCUT2D eigenvalue weighted by atomic mass is 16.6. The van der Waals surface area contributed by atoms with Crippen molar-refractivity contribution in [1.82, 2.24) is 9.78 Å². The maximum absolute atomic E-state index is 11.9. The second-order valence-electron chi connectivity index (χ2n) is 5.84. The van der Waals surface area contributed by atoms with Gasteiger partial charge in [-0.1, -0.05) is 4.57 Å². The lowest BCUT2D eigenvalue weighted by Gasteiger charge is -2.15. The largest absolute Gasteiger partial charge is 0.602 e. The molecule has 0 unspecified atom stereocenters. The molecule has 0 amide bonds. The highest BCUT2D eigenvalue weighted by Crippen LogP contribution is 2.09. The molecule has 2 aromatic rings. The van der Waals surface area contributed by atoms with Gasteiger partial charge in [0.05, 0.1) is 24.1 Å². The lowest BCUT2D eigenvalue weighted by Crippen LogP contribution is -2.46. The van der Waals surface area contributed by atoms with Crippen molar-refractivity contribution in [3.8, 4) is 5.69 Å². The Balaban J connectivity index is 2.14. The maximum Gasteiger partial charge on any atom is 0.602 e. The quantitative estimate of drug-likeness (QED) is 0.640. The average Bonchev–Trinajstić information content (AvgIpc) is 2.96. The van der Waals surface area contributed by atoms with E-state index in [1.165, 1.54) is 15.4 Å². The molecule has 7 heteroatoms. The first kappa shape index (κ1) is 16.7. The first-order chi connectivity index (χ1) is 10.8. The molecular weight excluding hydrogens is 298 g/mol. The van der Waals surface area contributed by atoms with E-state index in [1.807, 2.05) is 0 Å². The third-order valence-corrected chi connectivity index (χ3v) is 2.77. The van der Waals surface area contributed by atoms with Crippen molar-refractivity contribution >= 4 is 12.1 Å². The van der Waals surface area contributed by atoms with Gasteiger partial charge in [0.25, 0.3) is 0 Å². The topological polar surface area (TPSA) is 74.3 Å². The molecule has 0 atom stereocenters. The van der Waals surface area contributed by atoms with Gasteiger partial charge in [0.1, 0.15) is 5.60 Å².